The number of hydrogen-bond donors (Lipinski definition) is 2. The normalized spacial score (nSPS) is 11.4. The maximum absolute atomic E-state index is 13.1. The minimum Gasteiger partial charge on any atom is -0.315 e. The van der Waals surface area contributed by atoms with Crippen molar-refractivity contribution in [1.82, 2.24) is 14.7 Å². The molecule has 0 aliphatic heterocycles. The Labute approximate surface area is 209 Å². The van der Waals surface area contributed by atoms with Crippen molar-refractivity contribution < 1.29 is 9.59 Å². The Bertz CT molecular complexity index is 1140. The number of urea groups is 1. The molecule has 1 heterocycles. The van der Waals surface area contributed by atoms with Gasteiger partial charge in [0.2, 0.25) is 5.91 Å². The lowest BCUT2D eigenvalue weighted by Gasteiger charge is -2.24. The SMILES string of the molecule is CC(C)CN(CC(=O)Nc1cc(C(C)(C)C)nn1-c1ccccc1)C(=O)Nc1cccc(Br)c1. The summed E-state index contributed by atoms with van der Waals surface area (Å²) < 4.78 is 2.59. The molecule has 3 amide bonds. The van der Waals surface area contributed by atoms with Gasteiger partial charge in [-0.25, -0.2) is 9.48 Å². The average molecular weight is 526 g/mol. The van der Waals surface area contributed by atoms with E-state index in [2.05, 4.69) is 47.3 Å². The first-order valence-electron chi connectivity index (χ1n) is 11.3. The van der Waals surface area contributed by atoms with Gasteiger partial charge in [-0.3, -0.25) is 4.79 Å². The molecule has 0 unspecified atom stereocenters. The van der Waals surface area contributed by atoms with Crippen molar-refractivity contribution in [2.75, 3.05) is 23.7 Å². The molecule has 0 spiro atoms. The Hall–Kier alpha value is -3.13. The molecular formula is C26H32BrN5O2. The Balaban J connectivity index is 1.80. The van der Waals surface area contributed by atoms with Crippen LogP contribution in [0.3, 0.4) is 0 Å². The molecule has 2 N–H and O–H groups in total. The third-order valence-electron chi connectivity index (χ3n) is 5.03. The topological polar surface area (TPSA) is 79.3 Å². The summed E-state index contributed by atoms with van der Waals surface area (Å²) in [7, 11) is 0. The fraction of sp³-hybridized carbons (Fsp3) is 0.346. The van der Waals surface area contributed by atoms with Crippen LogP contribution in [0, 0.1) is 5.92 Å². The van der Waals surface area contributed by atoms with Crippen LogP contribution in [0.1, 0.15) is 40.3 Å². The molecule has 0 aliphatic carbocycles. The number of anilines is 2. The van der Waals surface area contributed by atoms with Gasteiger partial charge in [0, 0.05) is 28.2 Å². The van der Waals surface area contributed by atoms with Gasteiger partial charge in [-0.15, -0.1) is 0 Å². The van der Waals surface area contributed by atoms with Crippen LogP contribution in [0.2, 0.25) is 0 Å². The highest BCUT2D eigenvalue weighted by molar-refractivity contribution is 9.10. The maximum atomic E-state index is 13.1. The molecule has 180 valence electrons. The number of aromatic nitrogens is 2. The molecule has 1 aromatic heterocycles. The second-order valence-corrected chi connectivity index (χ2v) is 10.6. The van der Waals surface area contributed by atoms with Gasteiger partial charge in [-0.05, 0) is 36.2 Å². The third-order valence-corrected chi connectivity index (χ3v) is 5.52. The molecule has 3 rings (SSSR count). The lowest BCUT2D eigenvalue weighted by atomic mass is 9.92. The Morgan fingerprint density at radius 3 is 2.35 bits per heavy atom. The molecule has 8 heteroatoms. The molecular weight excluding hydrogens is 494 g/mol. The monoisotopic (exact) mass is 525 g/mol. The highest BCUT2D eigenvalue weighted by Gasteiger charge is 2.23. The van der Waals surface area contributed by atoms with E-state index in [1.807, 2.05) is 74.5 Å². The van der Waals surface area contributed by atoms with Crippen LogP contribution < -0.4 is 10.6 Å². The van der Waals surface area contributed by atoms with Gasteiger partial charge in [0.05, 0.1) is 11.4 Å². The standard InChI is InChI=1S/C26H32BrN5O2/c1-18(2)16-31(25(34)28-20-11-9-10-19(27)14-20)17-24(33)29-23-15-22(26(3,4)5)30-32(23)21-12-7-6-8-13-21/h6-15,18H,16-17H2,1-5H3,(H,28,34)(H,29,33). The Morgan fingerprint density at radius 2 is 1.74 bits per heavy atom. The highest BCUT2D eigenvalue weighted by atomic mass is 79.9. The number of carbonyl (C=O) groups is 2. The summed E-state index contributed by atoms with van der Waals surface area (Å²) in [5.74, 6) is 0.476. The van der Waals surface area contributed by atoms with Gasteiger partial charge in [-0.1, -0.05) is 74.8 Å². The molecule has 2 aromatic carbocycles. The number of nitrogens with one attached hydrogen (secondary N) is 2. The van der Waals surface area contributed by atoms with Crippen molar-refractivity contribution in [3.8, 4) is 5.69 Å². The predicted octanol–water partition coefficient (Wildman–Crippen LogP) is 6.06. The fourth-order valence-corrected chi connectivity index (χ4v) is 3.79. The summed E-state index contributed by atoms with van der Waals surface area (Å²) in [5, 5.41) is 10.6. The number of hydrogen-bond acceptors (Lipinski definition) is 3. The number of amides is 3. The zero-order valence-corrected chi connectivity index (χ0v) is 21.9. The molecule has 0 atom stereocenters. The molecule has 0 saturated heterocycles. The lowest BCUT2D eigenvalue weighted by Crippen LogP contribution is -2.42. The molecule has 34 heavy (non-hydrogen) atoms. The van der Waals surface area contributed by atoms with E-state index in [1.165, 1.54) is 4.90 Å². The van der Waals surface area contributed by atoms with Gasteiger partial charge >= 0.3 is 6.03 Å². The van der Waals surface area contributed by atoms with Crippen LogP contribution in [0.5, 0.6) is 0 Å². The van der Waals surface area contributed by atoms with Crippen LogP contribution >= 0.6 is 15.9 Å². The summed E-state index contributed by atoms with van der Waals surface area (Å²) >= 11 is 3.41. The molecule has 0 radical (unpaired) electrons. The number of carbonyl (C=O) groups excluding carboxylic acids is 2. The quantitative estimate of drug-likeness (QED) is 0.393. The van der Waals surface area contributed by atoms with E-state index in [4.69, 9.17) is 5.10 Å². The van der Waals surface area contributed by atoms with Crippen LogP contribution in [-0.2, 0) is 10.2 Å². The highest BCUT2D eigenvalue weighted by Crippen LogP contribution is 2.26. The summed E-state index contributed by atoms with van der Waals surface area (Å²) in [4.78, 5) is 27.6. The molecule has 0 saturated carbocycles. The zero-order valence-electron chi connectivity index (χ0n) is 20.3. The molecule has 3 aromatic rings. The molecule has 0 aliphatic rings. The van der Waals surface area contributed by atoms with Crippen LogP contribution in [-0.4, -0.2) is 39.7 Å². The number of para-hydroxylation sites is 1. The molecule has 0 bridgehead atoms. The number of nitrogens with zero attached hydrogens (tertiary/aromatic N) is 3. The number of benzene rings is 2. The second kappa shape index (κ2) is 10.9. The van der Waals surface area contributed by atoms with Crippen LogP contribution in [0.15, 0.2) is 65.1 Å². The van der Waals surface area contributed by atoms with Crippen molar-refractivity contribution >= 4 is 39.4 Å². The molecule has 0 fully saturated rings. The summed E-state index contributed by atoms with van der Waals surface area (Å²) in [5.41, 5.74) is 2.18. The largest absolute Gasteiger partial charge is 0.322 e. The number of rotatable bonds is 7. The van der Waals surface area contributed by atoms with E-state index < -0.39 is 0 Å². The van der Waals surface area contributed by atoms with Gasteiger partial charge in [0.15, 0.2) is 0 Å². The van der Waals surface area contributed by atoms with Gasteiger partial charge in [-0.2, -0.15) is 5.10 Å². The minimum atomic E-state index is -0.325. The first-order valence-corrected chi connectivity index (χ1v) is 12.1. The van der Waals surface area contributed by atoms with Gasteiger partial charge in [0.25, 0.3) is 0 Å². The summed E-state index contributed by atoms with van der Waals surface area (Å²) in [6.45, 7) is 10.6. The first kappa shape index (κ1) is 25.5. The van der Waals surface area contributed by atoms with E-state index in [-0.39, 0.29) is 29.8 Å². The van der Waals surface area contributed by atoms with Crippen molar-refractivity contribution in [1.29, 1.82) is 0 Å². The Kier molecular flexibility index (Phi) is 8.15. The Morgan fingerprint density at radius 1 is 1.03 bits per heavy atom. The molecule has 7 nitrogen and oxygen atoms in total. The van der Waals surface area contributed by atoms with E-state index in [1.54, 1.807) is 4.68 Å². The maximum Gasteiger partial charge on any atom is 0.322 e. The first-order chi connectivity index (χ1) is 16.0. The van der Waals surface area contributed by atoms with Crippen molar-refractivity contribution in [2.45, 2.75) is 40.0 Å². The zero-order chi connectivity index (χ0) is 24.9. The predicted molar refractivity (Wildman–Crippen MR) is 140 cm³/mol. The second-order valence-electron chi connectivity index (χ2n) is 9.68. The van der Waals surface area contributed by atoms with Gasteiger partial charge < -0.3 is 15.5 Å². The third kappa shape index (κ3) is 6.93. The fourth-order valence-electron chi connectivity index (χ4n) is 3.39. The minimum absolute atomic E-state index is 0.0805. The van der Waals surface area contributed by atoms with Crippen LogP contribution in [0.4, 0.5) is 16.3 Å². The van der Waals surface area contributed by atoms with Crippen LogP contribution in [0.25, 0.3) is 5.69 Å². The summed E-state index contributed by atoms with van der Waals surface area (Å²) in [6.07, 6.45) is 0. The van der Waals surface area contributed by atoms with Crippen molar-refractivity contribution in [3.63, 3.8) is 0 Å². The lowest BCUT2D eigenvalue weighted by molar-refractivity contribution is -0.116. The average Bonchev–Trinajstić information content (AvgIpc) is 3.18. The number of halogens is 1. The van der Waals surface area contributed by atoms with E-state index in [0.717, 1.165) is 15.9 Å². The van der Waals surface area contributed by atoms with Crippen molar-refractivity contribution in [2.24, 2.45) is 5.92 Å². The van der Waals surface area contributed by atoms with E-state index >= 15 is 0 Å². The smallest absolute Gasteiger partial charge is 0.315 e. The van der Waals surface area contributed by atoms with Gasteiger partial charge in [0.1, 0.15) is 12.4 Å². The summed E-state index contributed by atoms with van der Waals surface area (Å²) in [6, 6.07) is 18.6. The van der Waals surface area contributed by atoms with Crippen molar-refractivity contribution in [3.05, 3.63) is 70.8 Å². The van der Waals surface area contributed by atoms with E-state index in [0.29, 0.717) is 18.1 Å². The van der Waals surface area contributed by atoms with E-state index in [9.17, 15) is 9.59 Å².